The van der Waals surface area contributed by atoms with Gasteiger partial charge in [-0.3, -0.25) is 0 Å². The van der Waals surface area contributed by atoms with Gasteiger partial charge in [0.05, 0.1) is 5.75 Å². The first kappa shape index (κ1) is 21.2. The average molecular weight is 461 g/mol. The maximum atomic E-state index is 12.4. The maximum absolute atomic E-state index is 12.4. The highest BCUT2D eigenvalue weighted by Gasteiger charge is 2.22. The number of nitrogens with one attached hydrogen (secondary N) is 1. The molecule has 0 saturated carbocycles. The van der Waals surface area contributed by atoms with E-state index in [0.717, 1.165) is 0 Å². The lowest BCUT2D eigenvalue weighted by Crippen LogP contribution is -2.33. The fourth-order valence-electron chi connectivity index (χ4n) is 3.06. The lowest BCUT2D eigenvalue weighted by Gasteiger charge is -2.12. The van der Waals surface area contributed by atoms with Crippen LogP contribution in [0.2, 0.25) is 0 Å². The molecular weight excluding hydrogens is 440 g/mol. The van der Waals surface area contributed by atoms with E-state index in [2.05, 4.69) is 25.6 Å². The van der Waals surface area contributed by atoms with Crippen molar-refractivity contribution >= 4 is 38.8 Å². The van der Waals surface area contributed by atoms with Gasteiger partial charge in [0, 0.05) is 29.1 Å². The summed E-state index contributed by atoms with van der Waals surface area (Å²) in [5.41, 5.74) is 7.41. The number of aryl methyl sites for hydroxylation is 1. The number of benzene rings is 1. The quantitative estimate of drug-likeness (QED) is 0.504. The van der Waals surface area contributed by atoms with Gasteiger partial charge in [-0.2, -0.15) is 0 Å². The largest absolute Gasteiger partial charge is 0.454 e. The minimum absolute atomic E-state index is 0.118. The van der Waals surface area contributed by atoms with Crippen LogP contribution >= 0.6 is 11.8 Å². The molecule has 0 saturated heterocycles. The Morgan fingerprint density at radius 3 is 2.77 bits per heavy atom. The van der Waals surface area contributed by atoms with Gasteiger partial charge in [-0.1, -0.05) is 17.7 Å². The molecule has 10 nitrogen and oxygen atoms in total. The van der Waals surface area contributed by atoms with Crippen molar-refractivity contribution in [2.75, 3.05) is 18.3 Å². The van der Waals surface area contributed by atoms with Crippen molar-refractivity contribution in [2.45, 2.75) is 36.5 Å². The van der Waals surface area contributed by atoms with Crippen molar-refractivity contribution in [1.82, 2.24) is 24.2 Å². The van der Waals surface area contributed by atoms with Crippen molar-refractivity contribution in [3.8, 4) is 23.8 Å². The number of nitrogen functional groups attached to an aromatic ring is 1. The van der Waals surface area contributed by atoms with Crippen LogP contribution in [-0.4, -0.2) is 46.5 Å². The fraction of sp³-hybridized carbons (Fsp3) is 0.316. The molecule has 3 aromatic rings. The van der Waals surface area contributed by atoms with E-state index >= 15 is 0 Å². The fourth-order valence-corrected chi connectivity index (χ4v) is 5.34. The molecule has 0 atom stereocenters. The highest BCUT2D eigenvalue weighted by atomic mass is 32.2. The lowest BCUT2D eigenvalue weighted by atomic mass is 10.2. The zero-order valence-electron chi connectivity index (χ0n) is 16.8. The Balaban J connectivity index is 1.74. The second-order valence-corrected chi connectivity index (χ2v) is 9.90. The first-order chi connectivity index (χ1) is 14.8. The summed E-state index contributed by atoms with van der Waals surface area (Å²) in [5.74, 6) is 3.84. The molecule has 0 bridgehead atoms. The smallest absolute Gasteiger partial charge is 0.231 e. The van der Waals surface area contributed by atoms with Gasteiger partial charge >= 0.3 is 0 Å². The summed E-state index contributed by atoms with van der Waals surface area (Å²) in [7, 11) is -3.50. The van der Waals surface area contributed by atoms with Crippen molar-refractivity contribution in [3.63, 3.8) is 0 Å². The van der Waals surface area contributed by atoms with Crippen LogP contribution in [0, 0.1) is 12.3 Å². The lowest BCUT2D eigenvalue weighted by molar-refractivity contribution is 0.174. The van der Waals surface area contributed by atoms with Crippen molar-refractivity contribution < 1.29 is 17.9 Å². The normalized spacial score (nSPS) is 13.1. The predicted molar refractivity (Wildman–Crippen MR) is 116 cm³/mol. The number of ether oxygens (including phenoxy) is 2. The molecule has 1 aromatic carbocycles. The number of nitrogens with two attached hydrogens (primary N) is 1. The number of rotatable bonds is 7. The molecule has 31 heavy (non-hydrogen) atoms. The Hall–Kier alpha value is -3.01. The Kier molecular flexibility index (Phi) is 5.65. The summed E-state index contributed by atoms with van der Waals surface area (Å²) >= 11 is 1.27. The first-order valence-electron chi connectivity index (χ1n) is 9.32. The number of hydrogen-bond acceptors (Lipinski definition) is 9. The molecule has 1 aliphatic heterocycles. The molecule has 12 heteroatoms. The van der Waals surface area contributed by atoms with E-state index < -0.39 is 10.0 Å². The molecule has 0 unspecified atom stereocenters. The number of aromatic nitrogens is 4. The van der Waals surface area contributed by atoms with Crippen molar-refractivity contribution in [3.05, 3.63) is 24.0 Å². The van der Waals surface area contributed by atoms with E-state index in [1.54, 1.807) is 30.5 Å². The Morgan fingerprint density at radius 2 is 2.06 bits per heavy atom. The SMILES string of the molecule is C#Cc1cc2c(cc1Sc1nc3c(N)ncnc3n1CCS(=O)(=O)NC(C)C)OCO2. The number of terminal acetylenes is 1. The third kappa shape index (κ3) is 4.39. The summed E-state index contributed by atoms with van der Waals surface area (Å²) < 4.78 is 39.9. The van der Waals surface area contributed by atoms with E-state index in [0.29, 0.717) is 38.3 Å². The maximum Gasteiger partial charge on any atom is 0.231 e. The Bertz CT molecular complexity index is 1300. The molecule has 0 radical (unpaired) electrons. The molecule has 0 aliphatic carbocycles. The van der Waals surface area contributed by atoms with Crippen LogP contribution in [0.1, 0.15) is 19.4 Å². The van der Waals surface area contributed by atoms with Crippen LogP contribution in [0.3, 0.4) is 0 Å². The van der Waals surface area contributed by atoms with Gasteiger partial charge in [0.2, 0.25) is 16.8 Å². The number of fused-ring (bicyclic) bond motifs is 2. The third-order valence-corrected chi connectivity index (χ3v) is 6.96. The first-order valence-corrected chi connectivity index (χ1v) is 11.8. The standard InChI is InChI=1S/C19H20N6O4S2/c1-4-12-7-13-14(29-10-28-13)8-15(12)30-19-23-16-17(20)21-9-22-18(16)25(19)5-6-31(26,27)24-11(2)3/h1,7-9,11,24H,5-6,10H2,2-3H3,(H2,20,21,22). The minimum atomic E-state index is -3.50. The van der Waals surface area contributed by atoms with E-state index in [4.69, 9.17) is 21.6 Å². The second-order valence-electron chi connectivity index (χ2n) is 7.02. The molecule has 0 amide bonds. The third-order valence-electron chi connectivity index (χ3n) is 4.36. The molecule has 3 heterocycles. The number of sulfonamides is 1. The van der Waals surface area contributed by atoms with Gasteiger partial charge < -0.3 is 19.8 Å². The summed E-state index contributed by atoms with van der Waals surface area (Å²) in [4.78, 5) is 13.5. The molecule has 2 aromatic heterocycles. The molecule has 1 aliphatic rings. The number of nitrogens with zero attached hydrogens (tertiary/aromatic N) is 4. The van der Waals surface area contributed by atoms with E-state index in [1.165, 1.54) is 18.1 Å². The zero-order chi connectivity index (χ0) is 22.2. The van der Waals surface area contributed by atoms with E-state index in [9.17, 15) is 8.42 Å². The van der Waals surface area contributed by atoms with Crippen molar-refractivity contribution in [1.29, 1.82) is 0 Å². The molecule has 0 spiro atoms. The van der Waals surface area contributed by atoms with Gasteiger partial charge in [0.25, 0.3) is 0 Å². The van der Waals surface area contributed by atoms with Crippen LogP contribution in [0.4, 0.5) is 5.82 Å². The van der Waals surface area contributed by atoms with Crippen LogP contribution in [0.25, 0.3) is 11.2 Å². The van der Waals surface area contributed by atoms with E-state index in [-0.39, 0.29) is 31.0 Å². The van der Waals surface area contributed by atoms with E-state index in [1.807, 2.05) is 0 Å². The predicted octanol–water partition coefficient (Wildman–Crippen LogP) is 1.60. The Morgan fingerprint density at radius 1 is 1.32 bits per heavy atom. The topological polar surface area (TPSA) is 134 Å². The highest BCUT2D eigenvalue weighted by Crippen LogP contribution is 2.41. The monoisotopic (exact) mass is 460 g/mol. The number of anilines is 1. The van der Waals surface area contributed by atoms with Gasteiger partial charge in [0.15, 0.2) is 33.6 Å². The van der Waals surface area contributed by atoms with Crippen LogP contribution < -0.4 is 19.9 Å². The molecule has 4 rings (SSSR count). The molecular formula is C19H20N6O4S2. The van der Waals surface area contributed by atoms with Gasteiger partial charge in [0.1, 0.15) is 6.33 Å². The van der Waals surface area contributed by atoms with Gasteiger partial charge in [-0.25, -0.2) is 28.1 Å². The summed E-state index contributed by atoms with van der Waals surface area (Å²) in [5, 5.41) is 0.484. The van der Waals surface area contributed by atoms with Gasteiger partial charge in [-0.15, -0.1) is 6.42 Å². The highest BCUT2D eigenvalue weighted by molar-refractivity contribution is 7.99. The van der Waals surface area contributed by atoms with Crippen LogP contribution in [-0.2, 0) is 16.6 Å². The number of hydrogen-bond donors (Lipinski definition) is 2. The second kappa shape index (κ2) is 8.26. The molecule has 3 N–H and O–H groups in total. The average Bonchev–Trinajstić information content (AvgIpc) is 3.29. The Labute approximate surface area is 183 Å². The molecule has 0 fully saturated rings. The van der Waals surface area contributed by atoms with Crippen LogP contribution in [0.15, 0.2) is 28.5 Å². The minimum Gasteiger partial charge on any atom is -0.454 e. The number of imidazole rings is 1. The summed E-state index contributed by atoms with van der Waals surface area (Å²) in [6, 6.07) is 3.30. The van der Waals surface area contributed by atoms with Gasteiger partial charge in [-0.05, 0) is 19.9 Å². The zero-order valence-corrected chi connectivity index (χ0v) is 18.5. The summed E-state index contributed by atoms with van der Waals surface area (Å²) in [6.07, 6.45) is 7.00. The molecule has 162 valence electrons. The van der Waals surface area contributed by atoms with Crippen LogP contribution in [0.5, 0.6) is 11.5 Å². The van der Waals surface area contributed by atoms with Crippen molar-refractivity contribution in [2.24, 2.45) is 0 Å². The summed E-state index contributed by atoms with van der Waals surface area (Å²) in [6.45, 7) is 3.77.